The summed E-state index contributed by atoms with van der Waals surface area (Å²) in [5.41, 5.74) is 8.12. The average molecular weight is 602 g/mol. The lowest BCUT2D eigenvalue weighted by atomic mass is 9.45. The molecule has 236 valence electrons. The Balaban J connectivity index is 1.70. The van der Waals surface area contributed by atoms with Crippen molar-refractivity contribution in [3.8, 4) is 0 Å². The third-order valence-corrected chi connectivity index (χ3v) is 20.0. The molecule has 2 fully saturated rings. The normalized spacial score (nSPS) is 31.0. The molecular weight excluding hydrogens is 543 g/mol. The van der Waals surface area contributed by atoms with Crippen molar-refractivity contribution in [1.29, 1.82) is 0 Å². The maximum atomic E-state index is 8.03. The van der Waals surface area contributed by atoms with Crippen LogP contribution in [0.3, 0.4) is 0 Å². The lowest BCUT2D eigenvalue weighted by Crippen LogP contribution is -2.63. The minimum atomic E-state index is -2.10. The fraction of sp³-hybridized carbons (Fsp3) is 0.692. The van der Waals surface area contributed by atoms with E-state index in [-0.39, 0.29) is 22.3 Å². The molecular formula is C39H59NO2Si. The van der Waals surface area contributed by atoms with Crippen molar-refractivity contribution in [3.05, 3.63) is 47.5 Å². The number of hydrogen-bond donors (Lipinski definition) is 0. The predicted molar refractivity (Wildman–Crippen MR) is 186 cm³/mol. The largest absolute Gasteiger partial charge is 0.412 e. The highest BCUT2D eigenvalue weighted by molar-refractivity contribution is 6.77. The van der Waals surface area contributed by atoms with Gasteiger partial charge in [-0.15, -0.1) is 0 Å². The first-order chi connectivity index (χ1) is 20.3. The molecule has 0 saturated heterocycles. The molecule has 0 unspecified atom stereocenters. The van der Waals surface area contributed by atoms with Gasteiger partial charge in [0.05, 0.1) is 17.1 Å². The minimum absolute atomic E-state index is 0.0322. The summed E-state index contributed by atoms with van der Waals surface area (Å²) in [4.78, 5) is 0. The van der Waals surface area contributed by atoms with Gasteiger partial charge in [-0.3, -0.25) is 0 Å². The molecule has 3 nitrogen and oxygen atoms in total. The van der Waals surface area contributed by atoms with Crippen LogP contribution in [0.2, 0.25) is 16.6 Å². The molecule has 1 heterocycles. The van der Waals surface area contributed by atoms with E-state index in [1.165, 1.54) is 60.3 Å². The molecule has 7 rings (SSSR count). The molecule has 0 radical (unpaired) electrons. The predicted octanol–water partition coefficient (Wildman–Crippen LogP) is 11.1. The molecule has 0 amide bonds. The van der Waals surface area contributed by atoms with Crippen LogP contribution in [0.1, 0.15) is 119 Å². The van der Waals surface area contributed by atoms with Gasteiger partial charge >= 0.3 is 0 Å². The number of rotatable bonds is 8. The van der Waals surface area contributed by atoms with Crippen LogP contribution in [0, 0.1) is 17.3 Å². The van der Waals surface area contributed by atoms with Crippen LogP contribution in [0.25, 0.3) is 21.8 Å². The lowest BCUT2D eigenvalue weighted by molar-refractivity contribution is -0.0809. The molecule has 2 aromatic carbocycles. The smallest absolute Gasteiger partial charge is 0.200 e. The van der Waals surface area contributed by atoms with Crippen LogP contribution >= 0.6 is 0 Å². The standard InChI is InChI=1S/C39H59NO2Si/c1-25(2)38-19-18-37(10)29(9)16-17-36(42-43(26(3)4,27(5)6)28(7)8)39(37,21-20-38)33-22-31-30-14-12-13-15-34(30)40(24-41-11)35(31)23-32(33)38/h12-15,22-23,25-29,36H,16-21,24H2,1-11H3/t29-,36-,37+,38+,39-/m1/s1. The van der Waals surface area contributed by atoms with E-state index in [4.69, 9.17) is 9.16 Å². The third-order valence-electron chi connectivity index (χ3n) is 13.9. The molecule has 4 aliphatic carbocycles. The summed E-state index contributed by atoms with van der Waals surface area (Å²) in [7, 11) is -0.270. The molecule has 43 heavy (non-hydrogen) atoms. The highest BCUT2D eigenvalue weighted by Crippen LogP contribution is 2.70. The second-order valence-electron chi connectivity index (χ2n) is 16.4. The van der Waals surface area contributed by atoms with Crippen molar-refractivity contribution in [3.63, 3.8) is 0 Å². The van der Waals surface area contributed by atoms with E-state index >= 15 is 0 Å². The molecule has 0 N–H and O–H groups in total. The van der Waals surface area contributed by atoms with E-state index in [0.717, 1.165) is 0 Å². The molecule has 5 atom stereocenters. The molecule has 4 heteroatoms. The number of para-hydroxylation sites is 1. The first-order valence-corrected chi connectivity index (χ1v) is 19.7. The van der Waals surface area contributed by atoms with E-state index in [9.17, 15) is 0 Å². The number of fused-ring (bicyclic) bond motifs is 5. The van der Waals surface area contributed by atoms with E-state index in [1.54, 1.807) is 11.1 Å². The SMILES string of the molecule is COCn1c2ccccc2c2cc3c(cc21)[C@@]1(C(C)C)CC[C@@]2(C)[C@H](C)CC[C@@H](O[Si](C(C)C)(C(C)C)C(C)C)[C@@]32CC1. The van der Waals surface area contributed by atoms with Crippen molar-refractivity contribution >= 4 is 30.1 Å². The maximum Gasteiger partial charge on any atom is 0.200 e. The van der Waals surface area contributed by atoms with Gasteiger partial charge in [0, 0.05) is 23.3 Å². The van der Waals surface area contributed by atoms with Crippen LogP contribution in [0.15, 0.2) is 36.4 Å². The Bertz CT molecular complexity index is 1480. The van der Waals surface area contributed by atoms with Gasteiger partial charge in [-0.05, 0) is 107 Å². The van der Waals surface area contributed by atoms with Crippen molar-refractivity contribution in [2.24, 2.45) is 17.3 Å². The fourth-order valence-electron chi connectivity index (χ4n) is 11.4. The summed E-state index contributed by atoms with van der Waals surface area (Å²) >= 11 is 0. The number of nitrogens with zero attached hydrogens (tertiary/aromatic N) is 1. The first kappa shape index (κ1) is 31.4. The maximum absolute atomic E-state index is 8.03. The molecule has 2 bridgehead atoms. The number of methoxy groups -OCH3 is 1. The Hall–Kier alpha value is -1.62. The van der Waals surface area contributed by atoms with Crippen molar-refractivity contribution in [2.75, 3.05) is 7.11 Å². The fourth-order valence-corrected chi connectivity index (χ4v) is 17.1. The Morgan fingerprint density at radius 1 is 0.814 bits per heavy atom. The van der Waals surface area contributed by atoms with Gasteiger partial charge in [0.15, 0.2) is 0 Å². The number of hydrogen-bond acceptors (Lipinski definition) is 2. The molecule has 2 saturated carbocycles. The van der Waals surface area contributed by atoms with E-state index in [2.05, 4.69) is 110 Å². The zero-order chi connectivity index (χ0) is 31.1. The van der Waals surface area contributed by atoms with E-state index < -0.39 is 8.32 Å². The summed E-state index contributed by atoms with van der Waals surface area (Å²) in [6.45, 7) is 25.7. The Morgan fingerprint density at radius 2 is 1.47 bits per heavy atom. The molecule has 1 aromatic heterocycles. The van der Waals surface area contributed by atoms with Crippen LogP contribution in [-0.2, 0) is 26.7 Å². The van der Waals surface area contributed by atoms with Crippen molar-refractivity contribution in [1.82, 2.24) is 4.57 Å². The molecule has 0 aliphatic heterocycles. The van der Waals surface area contributed by atoms with Gasteiger partial charge in [0.25, 0.3) is 0 Å². The minimum Gasteiger partial charge on any atom is -0.412 e. The zero-order valence-electron chi connectivity index (χ0n) is 29.1. The Labute approximate surface area is 263 Å². The highest BCUT2D eigenvalue weighted by atomic mass is 28.4. The molecule has 4 aliphatic rings. The topological polar surface area (TPSA) is 23.4 Å². The van der Waals surface area contributed by atoms with Gasteiger partial charge in [0.2, 0.25) is 8.32 Å². The van der Waals surface area contributed by atoms with Gasteiger partial charge in [0.1, 0.15) is 6.73 Å². The van der Waals surface area contributed by atoms with Crippen molar-refractivity contribution < 1.29 is 9.16 Å². The first-order valence-electron chi connectivity index (χ1n) is 17.5. The van der Waals surface area contributed by atoms with Gasteiger partial charge in [-0.2, -0.15) is 0 Å². The monoisotopic (exact) mass is 601 g/mol. The van der Waals surface area contributed by atoms with Crippen LogP contribution in [0.4, 0.5) is 0 Å². The summed E-state index contributed by atoms with van der Waals surface area (Å²) in [5, 5.41) is 2.75. The molecule has 3 aromatic rings. The quantitative estimate of drug-likeness (QED) is 0.240. The number of aromatic nitrogens is 1. The van der Waals surface area contributed by atoms with E-state index in [0.29, 0.717) is 35.2 Å². The number of ether oxygens (including phenoxy) is 1. The highest BCUT2D eigenvalue weighted by Gasteiger charge is 2.67. The summed E-state index contributed by atoms with van der Waals surface area (Å²) in [5.74, 6) is 1.27. The van der Waals surface area contributed by atoms with Crippen molar-refractivity contribution in [2.45, 2.75) is 148 Å². The Kier molecular flexibility index (Phi) is 7.83. The second-order valence-corrected chi connectivity index (χ2v) is 21.8. The van der Waals surface area contributed by atoms with E-state index in [1.807, 2.05) is 7.11 Å². The number of benzene rings is 2. The van der Waals surface area contributed by atoms with Gasteiger partial charge in [-0.1, -0.05) is 87.4 Å². The van der Waals surface area contributed by atoms with Crippen LogP contribution in [0.5, 0.6) is 0 Å². The van der Waals surface area contributed by atoms with Gasteiger partial charge < -0.3 is 13.7 Å². The summed E-state index contributed by atoms with van der Waals surface area (Å²) in [6.07, 6.45) is 7.85. The third kappa shape index (κ3) is 4.04. The zero-order valence-corrected chi connectivity index (χ0v) is 30.1. The Morgan fingerprint density at radius 3 is 2.09 bits per heavy atom. The average Bonchev–Trinajstić information content (AvgIpc) is 3.11. The summed E-state index contributed by atoms with van der Waals surface area (Å²) < 4.78 is 16.3. The molecule has 1 spiro atoms. The lowest BCUT2D eigenvalue weighted by Gasteiger charge is -2.63. The summed E-state index contributed by atoms with van der Waals surface area (Å²) in [6, 6.07) is 14.3. The van der Waals surface area contributed by atoms with Crippen LogP contribution in [-0.4, -0.2) is 26.1 Å². The van der Waals surface area contributed by atoms with Gasteiger partial charge in [-0.25, -0.2) is 0 Å². The van der Waals surface area contributed by atoms with Crippen LogP contribution < -0.4 is 0 Å². The second kappa shape index (κ2) is 10.7.